The molecule has 0 saturated heterocycles. The molecule has 0 saturated carbocycles. The fourth-order valence-electron chi connectivity index (χ4n) is 2.03. The zero-order valence-electron chi connectivity index (χ0n) is 14.8. The van der Waals surface area contributed by atoms with E-state index in [4.69, 9.17) is 9.47 Å². The average molecular weight is 354 g/mol. The number of thioether (sulfide) groups is 1. The molecule has 1 atom stereocenters. The van der Waals surface area contributed by atoms with Crippen molar-refractivity contribution in [3.8, 4) is 11.8 Å². The Hall–Kier alpha value is -1.52. The summed E-state index contributed by atoms with van der Waals surface area (Å²) in [5.41, 5.74) is 1.37. The summed E-state index contributed by atoms with van der Waals surface area (Å²) in [5, 5.41) is 0.243. The maximum Gasteiger partial charge on any atom is 0.397 e. The van der Waals surface area contributed by atoms with E-state index in [1.165, 1.54) is 4.90 Å². The van der Waals surface area contributed by atoms with Crippen LogP contribution in [0.15, 0.2) is 4.99 Å². The van der Waals surface area contributed by atoms with Crippen LogP contribution in [0.3, 0.4) is 0 Å². The van der Waals surface area contributed by atoms with Gasteiger partial charge in [0.05, 0.1) is 23.9 Å². The number of rotatable bonds is 6. The largest absolute Gasteiger partial charge is 0.459 e. The number of carbonyl (C=O) groups is 2. The van der Waals surface area contributed by atoms with E-state index < -0.39 is 17.4 Å². The maximum absolute atomic E-state index is 12.2. The van der Waals surface area contributed by atoms with Crippen LogP contribution in [0.1, 0.15) is 34.1 Å². The van der Waals surface area contributed by atoms with Crippen molar-refractivity contribution in [3.05, 3.63) is 0 Å². The molecule has 0 radical (unpaired) electrons. The quantitative estimate of drug-likeness (QED) is 0.314. The van der Waals surface area contributed by atoms with Gasteiger partial charge in [0.1, 0.15) is 6.61 Å². The molecule has 1 unspecified atom stereocenters. The van der Waals surface area contributed by atoms with E-state index in [0.29, 0.717) is 26.2 Å². The summed E-state index contributed by atoms with van der Waals surface area (Å²) in [4.78, 5) is 29.4. The Morgan fingerprint density at radius 1 is 1.42 bits per heavy atom. The van der Waals surface area contributed by atoms with E-state index >= 15 is 0 Å². The van der Waals surface area contributed by atoms with Crippen LogP contribution in [0.5, 0.6) is 0 Å². The lowest BCUT2D eigenvalue weighted by atomic mass is 10.1. The monoisotopic (exact) mass is 354 g/mol. The van der Waals surface area contributed by atoms with Crippen molar-refractivity contribution in [1.29, 1.82) is 0 Å². The van der Waals surface area contributed by atoms with Crippen molar-refractivity contribution in [2.24, 2.45) is 4.99 Å². The predicted molar refractivity (Wildman–Crippen MR) is 96.0 cm³/mol. The van der Waals surface area contributed by atoms with Crippen molar-refractivity contribution in [2.75, 3.05) is 32.9 Å². The first-order chi connectivity index (χ1) is 11.4. The molecule has 134 valence electrons. The molecule has 1 rings (SSSR count). The highest BCUT2D eigenvalue weighted by molar-refractivity contribution is 8.13. The molecule has 0 fully saturated rings. The summed E-state index contributed by atoms with van der Waals surface area (Å²) in [7, 11) is 0. The predicted octanol–water partition coefficient (Wildman–Crippen LogP) is 1.73. The Morgan fingerprint density at radius 3 is 2.75 bits per heavy atom. The normalized spacial score (nSPS) is 16.4. The fraction of sp³-hybridized carbons (Fsp3) is 0.706. The molecule has 0 aromatic heterocycles. The van der Waals surface area contributed by atoms with Crippen LogP contribution in [0.2, 0.25) is 0 Å². The second-order valence-electron chi connectivity index (χ2n) is 6.17. The van der Waals surface area contributed by atoms with Crippen LogP contribution in [-0.4, -0.2) is 66.0 Å². The van der Waals surface area contributed by atoms with Crippen LogP contribution in [0, 0.1) is 11.8 Å². The lowest BCUT2D eigenvalue weighted by molar-refractivity contribution is -0.162. The summed E-state index contributed by atoms with van der Waals surface area (Å²) in [6.45, 7) is 9.54. The highest BCUT2D eigenvalue weighted by Crippen LogP contribution is 2.15. The summed E-state index contributed by atoms with van der Waals surface area (Å²) < 4.78 is 10.3. The highest BCUT2D eigenvalue weighted by atomic mass is 32.2. The second kappa shape index (κ2) is 10.4. The van der Waals surface area contributed by atoms with Gasteiger partial charge < -0.3 is 14.4 Å². The van der Waals surface area contributed by atoms with E-state index in [-0.39, 0.29) is 11.9 Å². The minimum atomic E-state index is -0.810. The van der Waals surface area contributed by atoms with E-state index in [2.05, 4.69) is 16.8 Å². The van der Waals surface area contributed by atoms with Gasteiger partial charge in [-0.2, -0.15) is 0 Å². The molecule has 6 nitrogen and oxygen atoms in total. The third-order valence-corrected chi connectivity index (χ3v) is 4.05. The van der Waals surface area contributed by atoms with E-state index in [1.54, 1.807) is 18.7 Å². The standard InChI is InChI=1S/C17H26N2O4S/c1-5-23-16(21)15(20)19(17(2,3)4)9-7-11-22-10-6-8-14-12-18-13-24-14/h13-14H,5,7,9-12H2,1-4H3. The lowest BCUT2D eigenvalue weighted by Crippen LogP contribution is -2.49. The summed E-state index contributed by atoms with van der Waals surface area (Å²) in [5.74, 6) is 4.65. The molecule has 0 N–H and O–H groups in total. The molecule has 0 bridgehead atoms. The van der Waals surface area contributed by atoms with Gasteiger partial charge in [-0.05, 0) is 34.1 Å². The molecule has 24 heavy (non-hydrogen) atoms. The van der Waals surface area contributed by atoms with Gasteiger partial charge in [-0.1, -0.05) is 23.6 Å². The van der Waals surface area contributed by atoms with Crippen molar-refractivity contribution in [2.45, 2.75) is 44.9 Å². The molecule has 7 heteroatoms. The van der Waals surface area contributed by atoms with Crippen LogP contribution >= 0.6 is 11.8 Å². The summed E-state index contributed by atoms with van der Waals surface area (Å²) in [6.07, 6.45) is 0.630. The first kappa shape index (κ1) is 20.5. The third kappa shape index (κ3) is 7.37. The zero-order valence-corrected chi connectivity index (χ0v) is 15.6. The van der Waals surface area contributed by atoms with Crippen molar-refractivity contribution >= 4 is 29.2 Å². The second-order valence-corrected chi connectivity index (χ2v) is 7.22. The number of hydrogen-bond acceptors (Lipinski definition) is 6. The van der Waals surface area contributed by atoms with E-state index in [1.807, 2.05) is 26.3 Å². The number of aliphatic imine (C=N–C) groups is 1. The van der Waals surface area contributed by atoms with Gasteiger partial charge in [0.25, 0.3) is 0 Å². The van der Waals surface area contributed by atoms with Gasteiger partial charge in [-0.15, -0.1) is 0 Å². The Balaban J connectivity index is 2.32. The minimum Gasteiger partial charge on any atom is -0.459 e. The summed E-state index contributed by atoms with van der Waals surface area (Å²) in [6, 6.07) is 0. The van der Waals surface area contributed by atoms with Crippen molar-refractivity contribution < 1.29 is 19.1 Å². The average Bonchev–Trinajstić information content (AvgIpc) is 3.01. The van der Waals surface area contributed by atoms with Crippen molar-refractivity contribution in [3.63, 3.8) is 0 Å². The number of hydrogen-bond donors (Lipinski definition) is 0. The molecule has 0 spiro atoms. The lowest BCUT2D eigenvalue weighted by Gasteiger charge is -2.34. The number of esters is 1. The Bertz CT molecular complexity index is 509. The van der Waals surface area contributed by atoms with Gasteiger partial charge >= 0.3 is 11.9 Å². The smallest absolute Gasteiger partial charge is 0.397 e. The number of carbonyl (C=O) groups excluding carboxylic acids is 2. The van der Waals surface area contributed by atoms with Gasteiger partial charge in [-0.25, -0.2) is 4.79 Å². The number of ether oxygens (including phenoxy) is 2. The van der Waals surface area contributed by atoms with Crippen molar-refractivity contribution in [1.82, 2.24) is 4.90 Å². The summed E-state index contributed by atoms with van der Waals surface area (Å²) >= 11 is 1.62. The minimum absolute atomic E-state index is 0.189. The van der Waals surface area contributed by atoms with Gasteiger partial charge in [0.15, 0.2) is 0 Å². The number of nitrogens with zero attached hydrogens (tertiary/aromatic N) is 2. The Morgan fingerprint density at radius 2 is 2.17 bits per heavy atom. The molecular formula is C17H26N2O4S. The molecule has 0 aromatic carbocycles. The maximum atomic E-state index is 12.2. The Labute approximate surface area is 148 Å². The first-order valence-corrected chi connectivity index (χ1v) is 8.99. The van der Waals surface area contributed by atoms with E-state index in [9.17, 15) is 9.59 Å². The molecular weight excluding hydrogens is 328 g/mol. The first-order valence-electron chi connectivity index (χ1n) is 8.05. The SMILES string of the molecule is CCOC(=O)C(=O)N(CCCOCC#CC1CN=CS1)C(C)(C)C. The third-order valence-electron chi connectivity index (χ3n) is 3.18. The van der Waals surface area contributed by atoms with Gasteiger partial charge in [0, 0.05) is 18.7 Å². The fourth-order valence-corrected chi connectivity index (χ4v) is 2.67. The van der Waals surface area contributed by atoms with Crippen LogP contribution in [0.25, 0.3) is 0 Å². The molecule has 1 aliphatic heterocycles. The molecule has 0 aromatic rings. The molecule has 1 heterocycles. The Kier molecular flexibility index (Phi) is 8.87. The highest BCUT2D eigenvalue weighted by Gasteiger charge is 2.31. The van der Waals surface area contributed by atoms with Gasteiger partial charge in [0.2, 0.25) is 0 Å². The zero-order chi connectivity index (χ0) is 18.0. The topological polar surface area (TPSA) is 68.2 Å². The van der Waals surface area contributed by atoms with Crippen LogP contribution in [-0.2, 0) is 19.1 Å². The van der Waals surface area contributed by atoms with Crippen LogP contribution in [0.4, 0.5) is 0 Å². The molecule has 1 aliphatic rings. The number of amides is 1. The van der Waals surface area contributed by atoms with Gasteiger partial charge in [-0.3, -0.25) is 9.79 Å². The molecule has 0 aliphatic carbocycles. The van der Waals surface area contributed by atoms with E-state index in [0.717, 1.165) is 6.54 Å². The van der Waals surface area contributed by atoms with Crippen LogP contribution < -0.4 is 0 Å². The molecule has 1 amide bonds.